The number of aliphatic hydroxyl groups excluding tert-OH is 1. The van der Waals surface area contributed by atoms with Gasteiger partial charge in [0.15, 0.2) is 0 Å². The minimum absolute atomic E-state index is 0.269. The third kappa shape index (κ3) is 4.25. The Kier molecular flexibility index (Phi) is 4.79. The summed E-state index contributed by atoms with van der Waals surface area (Å²) >= 11 is 3.38. The lowest BCUT2D eigenvalue weighted by Gasteiger charge is -1.93. The quantitative estimate of drug-likeness (QED) is 0.802. The Labute approximate surface area is 87.2 Å². The Hall–Kier alpha value is -0.600. The standard InChI is InChI=1S/C11H13BrO/c12-11-7-5-10(6-8-11)4-2-1-3-9-13/h2,4-8,13H,1,3,9H2/b4-2+. The van der Waals surface area contributed by atoms with E-state index in [4.69, 9.17) is 5.11 Å². The fourth-order valence-corrected chi connectivity index (χ4v) is 1.27. The predicted octanol–water partition coefficient (Wildman–Crippen LogP) is 3.23. The number of unbranched alkanes of at least 4 members (excludes halogenated alkanes) is 1. The number of allylic oxidation sites excluding steroid dienone is 1. The highest BCUT2D eigenvalue weighted by Crippen LogP contribution is 2.11. The molecule has 0 aromatic heterocycles. The summed E-state index contributed by atoms with van der Waals surface area (Å²) < 4.78 is 1.10. The van der Waals surface area contributed by atoms with Crippen LogP contribution in [0.5, 0.6) is 0 Å². The maximum Gasteiger partial charge on any atom is 0.0433 e. The van der Waals surface area contributed by atoms with E-state index in [0.717, 1.165) is 17.3 Å². The largest absolute Gasteiger partial charge is 0.396 e. The van der Waals surface area contributed by atoms with Gasteiger partial charge >= 0.3 is 0 Å². The van der Waals surface area contributed by atoms with E-state index in [1.54, 1.807) is 0 Å². The molecule has 0 bridgehead atoms. The van der Waals surface area contributed by atoms with E-state index < -0.39 is 0 Å². The summed E-state index contributed by atoms with van der Waals surface area (Å²) in [5.41, 5.74) is 1.20. The second kappa shape index (κ2) is 5.95. The molecule has 0 radical (unpaired) electrons. The summed E-state index contributed by atoms with van der Waals surface area (Å²) in [5.74, 6) is 0. The number of aliphatic hydroxyl groups is 1. The minimum Gasteiger partial charge on any atom is -0.396 e. The smallest absolute Gasteiger partial charge is 0.0433 e. The van der Waals surface area contributed by atoms with Crippen molar-refractivity contribution in [2.45, 2.75) is 12.8 Å². The van der Waals surface area contributed by atoms with Gasteiger partial charge in [-0.05, 0) is 30.5 Å². The van der Waals surface area contributed by atoms with Crippen LogP contribution in [0.4, 0.5) is 0 Å². The lowest BCUT2D eigenvalue weighted by atomic mass is 10.2. The Morgan fingerprint density at radius 2 is 1.92 bits per heavy atom. The number of hydrogen-bond donors (Lipinski definition) is 1. The third-order valence-electron chi connectivity index (χ3n) is 1.71. The molecule has 0 saturated carbocycles. The fourth-order valence-electron chi connectivity index (χ4n) is 1.00. The second-order valence-electron chi connectivity index (χ2n) is 2.82. The van der Waals surface area contributed by atoms with Crippen LogP contribution in [-0.4, -0.2) is 11.7 Å². The Morgan fingerprint density at radius 3 is 2.54 bits per heavy atom. The van der Waals surface area contributed by atoms with E-state index in [1.807, 2.05) is 12.1 Å². The molecule has 13 heavy (non-hydrogen) atoms. The van der Waals surface area contributed by atoms with Crippen LogP contribution in [-0.2, 0) is 0 Å². The van der Waals surface area contributed by atoms with Crippen molar-refractivity contribution in [3.63, 3.8) is 0 Å². The third-order valence-corrected chi connectivity index (χ3v) is 2.24. The van der Waals surface area contributed by atoms with Gasteiger partial charge < -0.3 is 5.11 Å². The molecule has 0 fully saturated rings. The fraction of sp³-hybridized carbons (Fsp3) is 0.273. The highest BCUT2D eigenvalue weighted by Gasteiger charge is 1.86. The van der Waals surface area contributed by atoms with Gasteiger partial charge in [-0.3, -0.25) is 0 Å². The van der Waals surface area contributed by atoms with Crippen molar-refractivity contribution < 1.29 is 5.11 Å². The van der Waals surface area contributed by atoms with E-state index in [9.17, 15) is 0 Å². The van der Waals surface area contributed by atoms with Crippen molar-refractivity contribution in [2.24, 2.45) is 0 Å². The first kappa shape index (κ1) is 10.5. The number of hydrogen-bond acceptors (Lipinski definition) is 1. The molecule has 1 aromatic carbocycles. The van der Waals surface area contributed by atoms with Gasteiger partial charge in [-0.25, -0.2) is 0 Å². The number of halogens is 1. The molecule has 0 atom stereocenters. The van der Waals surface area contributed by atoms with Gasteiger partial charge in [0.25, 0.3) is 0 Å². The molecule has 0 heterocycles. The van der Waals surface area contributed by atoms with E-state index in [0.29, 0.717) is 0 Å². The zero-order valence-corrected chi connectivity index (χ0v) is 9.00. The maximum absolute atomic E-state index is 8.56. The first-order valence-corrected chi connectivity index (χ1v) is 5.15. The van der Waals surface area contributed by atoms with Gasteiger partial charge in [-0.1, -0.05) is 40.2 Å². The molecular formula is C11H13BrO. The van der Waals surface area contributed by atoms with E-state index in [-0.39, 0.29) is 6.61 Å². The maximum atomic E-state index is 8.56. The van der Waals surface area contributed by atoms with Crippen molar-refractivity contribution in [3.05, 3.63) is 40.4 Å². The average Bonchev–Trinajstić information content (AvgIpc) is 2.15. The first-order chi connectivity index (χ1) is 6.33. The molecular weight excluding hydrogens is 228 g/mol. The number of benzene rings is 1. The normalized spacial score (nSPS) is 10.9. The van der Waals surface area contributed by atoms with Crippen molar-refractivity contribution >= 4 is 22.0 Å². The summed E-state index contributed by atoms with van der Waals surface area (Å²) in [4.78, 5) is 0. The van der Waals surface area contributed by atoms with E-state index >= 15 is 0 Å². The van der Waals surface area contributed by atoms with Crippen LogP contribution < -0.4 is 0 Å². The van der Waals surface area contributed by atoms with Gasteiger partial charge in [0, 0.05) is 11.1 Å². The van der Waals surface area contributed by atoms with E-state index in [2.05, 4.69) is 40.2 Å². The molecule has 0 unspecified atom stereocenters. The molecule has 1 rings (SSSR count). The molecule has 1 nitrogen and oxygen atoms in total. The molecule has 2 heteroatoms. The summed E-state index contributed by atoms with van der Waals surface area (Å²) in [6.45, 7) is 0.269. The van der Waals surface area contributed by atoms with Gasteiger partial charge in [0.1, 0.15) is 0 Å². The molecule has 70 valence electrons. The molecule has 0 aliphatic heterocycles. The molecule has 0 spiro atoms. The van der Waals surface area contributed by atoms with Crippen LogP contribution in [0.15, 0.2) is 34.8 Å². The monoisotopic (exact) mass is 240 g/mol. The zero-order valence-electron chi connectivity index (χ0n) is 7.41. The predicted molar refractivity (Wildman–Crippen MR) is 59.5 cm³/mol. The highest BCUT2D eigenvalue weighted by atomic mass is 79.9. The lowest BCUT2D eigenvalue weighted by Crippen LogP contribution is -1.78. The van der Waals surface area contributed by atoms with Crippen LogP contribution in [0.2, 0.25) is 0 Å². The van der Waals surface area contributed by atoms with Gasteiger partial charge in [-0.15, -0.1) is 0 Å². The highest BCUT2D eigenvalue weighted by molar-refractivity contribution is 9.10. The van der Waals surface area contributed by atoms with Crippen molar-refractivity contribution in [3.8, 4) is 0 Å². The molecule has 0 aliphatic carbocycles. The number of rotatable bonds is 4. The summed E-state index contributed by atoms with van der Waals surface area (Å²) in [5, 5.41) is 8.56. The van der Waals surface area contributed by atoms with Gasteiger partial charge in [-0.2, -0.15) is 0 Å². The Balaban J connectivity index is 2.44. The Morgan fingerprint density at radius 1 is 1.23 bits per heavy atom. The first-order valence-electron chi connectivity index (χ1n) is 4.36. The Bertz CT molecular complexity index is 264. The molecule has 0 saturated heterocycles. The van der Waals surface area contributed by atoms with E-state index in [1.165, 1.54) is 5.56 Å². The molecule has 1 aromatic rings. The van der Waals surface area contributed by atoms with Crippen LogP contribution >= 0.6 is 15.9 Å². The summed E-state index contributed by atoms with van der Waals surface area (Å²) in [7, 11) is 0. The summed E-state index contributed by atoms with van der Waals surface area (Å²) in [6, 6.07) is 8.15. The zero-order chi connectivity index (χ0) is 9.52. The minimum atomic E-state index is 0.269. The van der Waals surface area contributed by atoms with Gasteiger partial charge in [0.05, 0.1) is 0 Å². The molecule has 1 N–H and O–H groups in total. The van der Waals surface area contributed by atoms with Crippen LogP contribution in [0.1, 0.15) is 18.4 Å². The van der Waals surface area contributed by atoms with Crippen LogP contribution in [0.25, 0.3) is 6.08 Å². The average molecular weight is 241 g/mol. The van der Waals surface area contributed by atoms with Crippen molar-refractivity contribution in [1.82, 2.24) is 0 Å². The van der Waals surface area contributed by atoms with Crippen molar-refractivity contribution in [2.75, 3.05) is 6.61 Å². The lowest BCUT2D eigenvalue weighted by molar-refractivity contribution is 0.290. The summed E-state index contributed by atoms with van der Waals surface area (Å²) in [6.07, 6.45) is 5.93. The van der Waals surface area contributed by atoms with Gasteiger partial charge in [0.2, 0.25) is 0 Å². The van der Waals surface area contributed by atoms with Crippen molar-refractivity contribution in [1.29, 1.82) is 0 Å². The van der Waals surface area contributed by atoms with Crippen LogP contribution in [0, 0.1) is 0 Å². The van der Waals surface area contributed by atoms with Crippen LogP contribution in [0.3, 0.4) is 0 Å². The molecule has 0 aliphatic rings. The molecule has 0 amide bonds. The SMILES string of the molecule is OCCC/C=C/c1ccc(Br)cc1. The second-order valence-corrected chi connectivity index (χ2v) is 3.74. The topological polar surface area (TPSA) is 20.2 Å².